The Kier molecular flexibility index (Phi) is 6.20. The maximum Gasteiger partial charge on any atom is 0.261 e. The first-order valence-electron chi connectivity index (χ1n) is 6.02. The molecular weight excluding hydrogens is 298 g/mol. The Hall–Kier alpha value is -0.350. The van der Waals surface area contributed by atoms with Crippen molar-refractivity contribution in [3.8, 4) is 0 Å². The highest BCUT2D eigenvalue weighted by molar-refractivity contribution is 9.09. The zero-order chi connectivity index (χ0) is 12.8. The number of hydrogen-bond donors (Lipinski definition) is 1. The number of thiophene rings is 1. The molecule has 1 aromatic heterocycles. The summed E-state index contributed by atoms with van der Waals surface area (Å²) >= 11 is 5.04. The zero-order valence-corrected chi connectivity index (χ0v) is 13.0. The third-order valence-corrected chi connectivity index (χ3v) is 4.52. The minimum Gasteiger partial charge on any atom is -0.348 e. The molecule has 4 heteroatoms. The molecule has 1 rings (SSSR count). The third-order valence-electron chi connectivity index (χ3n) is 2.51. The molecule has 1 aromatic rings. The Bertz CT molecular complexity index is 362. The van der Waals surface area contributed by atoms with Gasteiger partial charge in [0.2, 0.25) is 0 Å². The molecule has 96 valence electrons. The molecule has 1 N–H and O–H groups in total. The van der Waals surface area contributed by atoms with Crippen molar-refractivity contribution in [3.63, 3.8) is 0 Å². The molecule has 0 fully saturated rings. The fourth-order valence-corrected chi connectivity index (χ4v) is 2.95. The molecule has 17 heavy (non-hydrogen) atoms. The molecule has 2 nitrogen and oxygen atoms in total. The van der Waals surface area contributed by atoms with Crippen LogP contribution >= 0.6 is 27.3 Å². The Morgan fingerprint density at radius 2 is 2.18 bits per heavy atom. The molecule has 0 saturated carbocycles. The van der Waals surface area contributed by atoms with E-state index in [4.69, 9.17) is 0 Å². The quantitative estimate of drug-likeness (QED) is 0.793. The van der Waals surface area contributed by atoms with E-state index >= 15 is 0 Å². The van der Waals surface area contributed by atoms with Crippen LogP contribution in [0.4, 0.5) is 0 Å². The van der Waals surface area contributed by atoms with Crippen LogP contribution in [0.2, 0.25) is 0 Å². The van der Waals surface area contributed by atoms with Gasteiger partial charge >= 0.3 is 0 Å². The van der Waals surface area contributed by atoms with Crippen LogP contribution in [0.25, 0.3) is 0 Å². The van der Waals surface area contributed by atoms with Crippen molar-refractivity contribution in [1.82, 2.24) is 5.32 Å². The number of halogens is 1. The predicted molar refractivity (Wildman–Crippen MR) is 78.2 cm³/mol. The summed E-state index contributed by atoms with van der Waals surface area (Å²) in [5, 5.41) is 3.88. The lowest BCUT2D eigenvalue weighted by Crippen LogP contribution is -2.36. The highest BCUT2D eigenvalue weighted by atomic mass is 79.9. The highest BCUT2D eigenvalue weighted by Crippen LogP contribution is 2.17. The smallest absolute Gasteiger partial charge is 0.261 e. The summed E-state index contributed by atoms with van der Waals surface area (Å²) in [5.74, 6) is 0.646. The van der Waals surface area contributed by atoms with Crippen molar-refractivity contribution in [2.24, 2.45) is 5.92 Å². The van der Waals surface area contributed by atoms with Gasteiger partial charge in [0.05, 0.1) is 4.88 Å². The van der Waals surface area contributed by atoms with Gasteiger partial charge in [0, 0.05) is 16.2 Å². The van der Waals surface area contributed by atoms with Gasteiger partial charge in [-0.2, -0.15) is 0 Å². The number of alkyl halides is 1. The van der Waals surface area contributed by atoms with E-state index in [2.05, 4.69) is 42.0 Å². The van der Waals surface area contributed by atoms with Crippen molar-refractivity contribution in [2.75, 3.05) is 5.33 Å². The molecule has 1 amide bonds. The first kappa shape index (κ1) is 14.7. The Balaban J connectivity index is 2.57. The summed E-state index contributed by atoms with van der Waals surface area (Å²) in [6, 6.07) is 4.17. The van der Waals surface area contributed by atoms with Gasteiger partial charge < -0.3 is 5.32 Å². The normalized spacial score (nSPS) is 12.8. The zero-order valence-electron chi connectivity index (χ0n) is 10.6. The van der Waals surface area contributed by atoms with Crippen molar-refractivity contribution in [2.45, 2.75) is 39.7 Å². The van der Waals surface area contributed by atoms with Gasteiger partial charge in [0.1, 0.15) is 0 Å². The van der Waals surface area contributed by atoms with Gasteiger partial charge in [-0.1, -0.05) is 36.7 Å². The molecule has 0 radical (unpaired) electrons. The summed E-state index contributed by atoms with van der Waals surface area (Å²) in [4.78, 5) is 14.1. The van der Waals surface area contributed by atoms with E-state index in [1.165, 1.54) is 4.88 Å². The van der Waals surface area contributed by atoms with Crippen LogP contribution in [0.5, 0.6) is 0 Å². The van der Waals surface area contributed by atoms with Crippen molar-refractivity contribution in [1.29, 1.82) is 0 Å². The van der Waals surface area contributed by atoms with Crippen LogP contribution in [0.3, 0.4) is 0 Å². The molecule has 1 heterocycles. The molecule has 1 unspecified atom stereocenters. The van der Waals surface area contributed by atoms with Crippen LogP contribution in [0.1, 0.15) is 41.7 Å². The van der Waals surface area contributed by atoms with Crippen molar-refractivity contribution >= 4 is 33.2 Å². The van der Waals surface area contributed by atoms with Gasteiger partial charge in [-0.05, 0) is 30.9 Å². The average molecular weight is 318 g/mol. The molecule has 0 aliphatic carbocycles. The number of carbonyl (C=O) groups is 1. The largest absolute Gasteiger partial charge is 0.348 e. The summed E-state index contributed by atoms with van der Waals surface area (Å²) in [6.45, 7) is 6.44. The minimum atomic E-state index is 0.0554. The van der Waals surface area contributed by atoms with Crippen LogP contribution in [-0.4, -0.2) is 17.3 Å². The molecule has 0 bridgehead atoms. The van der Waals surface area contributed by atoms with E-state index < -0.39 is 0 Å². The summed E-state index contributed by atoms with van der Waals surface area (Å²) in [5.41, 5.74) is 0. The standard InChI is InChI=1S/C13H20BrNOS/c1-4-11-5-6-12(17-11)13(16)15-10(8-14)7-9(2)3/h5-6,9-10H,4,7-8H2,1-3H3,(H,15,16). The first-order chi connectivity index (χ1) is 8.06. The van der Waals surface area contributed by atoms with Crippen LogP contribution in [0.15, 0.2) is 12.1 Å². The molecule has 0 aliphatic heterocycles. The molecule has 0 saturated heterocycles. The van der Waals surface area contributed by atoms with Crippen molar-refractivity contribution in [3.05, 3.63) is 21.9 Å². The van der Waals surface area contributed by atoms with E-state index in [-0.39, 0.29) is 11.9 Å². The lowest BCUT2D eigenvalue weighted by Gasteiger charge is -2.17. The van der Waals surface area contributed by atoms with Gasteiger partial charge in [0.15, 0.2) is 0 Å². The number of hydrogen-bond acceptors (Lipinski definition) is 2. The molecule has 1 atom stereocenters. The fraction of sp³-hybridized carbons (Fsp3) is 0.615. The second-order valence-corrected chi connectivity index (χ2v) is 6.39. The van der Waals surface area contributed by atoms with Gasteiger partial charge in [-0.25, -0.2) is 0 Å². The highest BCUT2D eigenvalue weighted by Gasteiger charge is 2.15. The summed E-state index contributed by atoms with van der Waals surface area (Å²) in [6.07, 6.45) is 1.99. The lowest BCUT2D eigenvalue weighted by molar-refractivity contribution is 0.0941. The van der Waals surface area contributed by atoms with E-state index in [1.807, 2.05) is 12.1 Å². The predicted octanol–water partition coefficient (Wildman–Crippen LogP) is 3.85. The Labute approximate surface area is 116 Å². The number of aryl methyl sites for hydroxylation is 1. The first-order valence-corrected chi connectivity index (χ1v) is 7.96. The van der Waals surface area contributed by atoms with Crippen LogP contribution in [-0.2, 0) is 6.42 Å². The topological polar surface area (TPSA) is 29.1 Å². The van der Waals surface area contributed by atoms with Gasteiger partial charge in [-0.15, -0.1) is 11.3 Å². The molecular formula is C13H20BrNOS. The number of carbonyl (C=O) groups excluding carboxylic acids is 1. The Morgan fingerprint density at radius 3 is 2.65 bits per heavy atom. The maximum absolute atomic E-state index is 12.0. The lowest BCUT2D eigenvalue weighted by atomic mass is 10.1. The molecule has 0 spiro atoms. The minimum absolute atomic E-state index is 0.0554. The second-order valence-electron chi connectivity index (χ2n) is 4.57. The van der Waals surface area contributed by atoms with Gasteiger partial charge in [0.25, 0.3) is 5.91 Å². The number of amides is 1. The van der Waals surface area contributed by atoms with E-state index in [0.717, 1.165) is 23.0 Å². The fourth-order valence-electron chi connectivity index (χ4n) is 1.68. The van der Waals surface area contributed by atoms with Crippen LogP contribution in [0, 0.1) is 5.92 Å². The molecule has 0 aliphatic rings. The monoisotopic (exact) mass is 317 g/mol. The SMILES string of the molecule is CCc1ccc(C(=O)NC(CBr)CC(C)C)s1. The average Bonchev–Trinajstić information content (AvgIpc) is 2.75. The number of rotatable bonds is 6. The van der Waals surface area contributed by atoms with Gasteiger partial charge in [-0.3, -0.25) is 4.79 Å². The third kappa shape index (κ3) is 4.80. The van der Waals surface area contributed by atoms with E-state index in [0.29, 0.717) is 5.92 Å². The second kappa shape index (κ2) is 7.17. The number of nitrogens with one attached hydrogen (secondary N) is 1. The Morgan fingerprint density at radius 1 is 1.47 bits per heavy atom. The van der Waals surface area contributed by atoms with Crippen molar-refractivity contribution < 1.29 is 4.79 Å². The summed E-state index contributed by atoms with van der Waals surface area (Å²) in [7, 11) is 0. The van der Waals surface area contributed by atoms with E-state index in [9.17, 15) is 4.79 Å². The van der Waals surface area contributed by atoms with E-state index in [1.54, 1.807) is 11.3 Å². The summed E-state index contributed by atoms with van der Waals surface area (Å²) < 4.78 is 0. The van der Waals surface area contributed by atoms with Crippen LogP contribution < -0.4 is 5.32 Å². The maximum atomic E-state index is 12.0. The molecule has 0 aromatic carbocycles.